The SMILES string of the molecule is COCC(O)COc1cccc(C=O)c1B1OC(C)(C)C(C)(C)O1. The molecule has 1 saturated heterocycles. The molecule has 132 valence electrons. The van der Waals surface area contributed by atoms with Gasteiger partial charge in [-0.15, -0.1) is 0 Å². The van der Waals surface area contributed by atoms with Gasteiger partial charge in [-0.1, -0.05) is 12.1 Å². The van der Waals surface area contributed by atoms with E-state index in [1.807, 2.05) is 27.7 Å². The molecule has 1 aliphatic rings. The molecule has 0 radical (unpaired) electrons. The van der Waals surface area contributed by atoms with Gasteiger partial charge in [0.2, 0.25) is 0 Å². The predicted molar refractivity (Wildman–Crippen MR) is 90.9 cm³/mol. The number of benzene rings is 1. The standard InChI is InChI=1S/C17H25BO6/c1-16(2)17(3,4)24-18(23-16)15-12(9-19)7-6-8-14(15)22-11-13(20)10-21-5/h6-9,13,20H,10-11H2,1-5H3. The van der Waals surface area contributed by atoms with Crippen LogP contribution in [0.15, 0.2) is 18.2 Å². The number of aldehydes is 1. The number of rotatable bonds is 7. The first-order valence-corrected chi connectivity index (χ1v) is 7.95. The average Bonchev–Trinajstić information content (AvgIpc) is 2.72. The summed E-state index contributed by atoms with van der Waals surface area (Å²) < 4.78 is 22.7. The highest BCUT2D eigenvalue weighted by atomic mass is 16.7. The fraction of sp³-hybridized carbons (Fsp3) is 0.588. The maximum atomic E-state index is 11.5. The van der Waals surface area contributed by atoms with Crippen LogP contribution < -0.4 is 10.2 Å². The van der Waals surface area contributed by atoms with Crippen LogP contribution >= 0.6 is 0 Å². The Morgan fingerprint density at radius 1 is 1.21 bits per heavy atom. The second kappa shape index (κ2) is 7.23. The van der Waals surface area contributed by atoms with Crippen LogP contribution in [0.2, 0.25) is 0 Å². The minimum Gasteiger partial charge on any atom is -0.491 e. The summed E-state index contributed by atoms with van der Waals surface area (Å²) in [5.74, 6) is 0.452. The van der Waals surface area contributed by atoms with Crippen LogP contribution in [-0.2, 0) is 14.0 Å². The minimum atomic E-state index is -0.763. The average molecular weight is 336 g/mol. The smallest absolute Gasteiger partial charge is 0.491 e. The summed E-state index contributed by atoms with van der Waals surface area (Å²) in [5, 5.41) is 9.78. The van der Waals surface area contributed by atoms with Crippen molar-refractivity contribution in [3.8, 4) is 5.75 Å². The van der Waals surface area contributed by atoms with Crippen LogP contribution in [0, 0.1) is 0 Å². The summed E-state index contributed by atoms with van der Waals surface area (Å²) in [5.41, 5.74) is -0.0796. The molecular formula is C17H25BO6. The Bertz CT molecular complexity index is 570. The Balaban J connectivity index is 2.30. The first-order valence-electron chi connectivity index (χ1n) is 7.95. The molecule has 0 bridgehead atoms. The van der Waals surface area contributed by atoms with Crippen molar-refractivity contribution in [3.63, 3.8) is 0 Å². The number of hydrogen-bond acceptors (Lipinski definition) is 6. The molecule has 1 aromatic rings. The topological polar surface area (TPSA) is 74.2 Å². The van der Waals surface area contributed by atoms with Crippen molar-refractivity contribution in [3.05, 3.63) is 23.8 Å². The van der Waals surface area contributed by atoms with E-state index in [2.05, 4.69) is 0 Å². The van der Waals surface area contributed by atoms with Gasteiger partial charge in [-0.25, -0.2) is 0 Å². The molecular weight excluding hydrogens is 311 g/mol. The quantitative estimate of drug-likeness (QED) is 0.595. The van der Waals surface area contributed by atoms with Gasteiger partial charge in [0, 0.05) is 18.1 Å². The Labute approximate surface area is 143 Å². The largest absolute Gasteiger partial charge is 0.499 e. The first-order chi connectivity index (χ1) is 11.2. The molecule has 1 heterocycles. The number of aliphatic hydroxyl groups excluding tert-OH is 1. The molecule has 0 spiro atoms. The number of ether oxygens (including phenoxy) is 2. The maximum absolute atomic E-state index is 11.5. The van der Waals surface area contributed by atoms with E-state index in [-0.39, 0.29) is 13.2 Å². The van der Waals surface area contributed by atoms with Crippen molar-refractivity contribution in [2.45, 2.75) is 45.0 Å². The van der Waals surface area contributed by atoms with Crippen molar-refractivity contribution in [2.75, 3.05) is 20.3 Å². The van der Waals surface area contributed by atoms with Crippen LogP contribution in [-0.4, -0.2) is 56.1 Å². The minimum absolute atomic E-state index is 0.0443. The predicted octanol–water partition coefficient (Wildman–Crippen LogP) is 1.18. The van der Waals surface area contributed by atoms with Crippen LogP contribution in [0.3, 0.4) is 0 Å². The third-order valence-electron chi connectivity index (χ3n) is 4.51. The molecule has 1 fully saturated rings. The van der Waals surface area contributed by atoms with Crippen LogP contribution in [0.5, 0.6) is 5.75 Å². The zero-order chi connectivity index (χ0) is 18.0. The highest BCUT2D eigenvalue weighted by Crippen LogP contribution is 2.37. The lowest BCUT2D eigenvalue weighted by Gasteiger charge is -2.32. The lowest BCUT2D eigenvalue weighted by Crippen LogP contribution is -2.41. The second-order valence-electron chi connectivity index (χ2n) is 6.89. The molecule has 2 rings (SSSR count). The third kappa shape index (κ3) is 3.80. The van der Waals surface area contributed by atoms with Gasteiger partial charge in [0.25, 0.3) is 0 Å². The fourth-order valence-corrected chi connectivity index (χ4v) is 2.43. The van der Waals surface area contributed by atoms with E-state index in [0.717, 1.165) is 6.29 Å². The molecule has 1 aliphatic heterocycles. The molecule has 0 aromatic heterocycles. The number of methoxy groups -OCH3 is 1. The third-order valence-corrected chi connectivity index (χ3v) is 4.51. The summed E-state index contributed by atoms with van der Waals surface area (Å²) in [6, 6.07) is 5.13. The molecule has 1 N–H and O–H groups in total. The normalized spacial score (nSPS) is 20.0. The molecule has 7 heteroatoms. The molecule has 1 unspecified atom stereocenters. The summed E-state index contributed by atoms with van der Waals surface area (Å²) in [4.78, 5) is 11.5. The van der Waals surface area contributed by atoms with E-state index in [0.29, 0.717) is 16.8 Å². The second-order valence-corrected chi connectivity index (χ2v) is 6.89. The summed E-state index contributed by atoms with van der Waals surface area (Å²) in [6.45, 7) is 7.99. The number of carbonyl (C=O) groups is 1. The zero-order valence-electron chi connectivity index (χ0n) is 14.9. The summed E-state index contributed by atoms with van der Waals surface area (Å²) >= 11 is 0. The summed E-state index contributed by atoms with van der Waals surface area (Å²) in [7, 11) is 0.789. The van der Waals surface area contributed by atoms with Crippen molar-refractivity contribution in [2.24, 2.45) is 0 Å². The van der Waals surface area contributed by atoms with E-state index < -0.39 is 24.4 Å². The van der Waals surface area contributed by atoms with Crippen LogP contribution in [0.4, 0.5) is 0 Å². The van der Waals surface area contributed by atoms with Crippen molar-refractivity contribution in [1.29, 1.82) is 0 Å². The van der Waals surface area contributed by atoms with Gasteiger partial charge >= 0.3 is 7.12 Å². The molecule has 1 aromatic carbocycles. The van der Waals surface area contributed by atoms with E-state index in [1.54, 1.807) is 18.2 Å². The molecule has 1 atom stereocenters. The van der Waals surface area contributed by atoms with Gasteiger partial charge in [-0.2, -0.15) is 0 Å². The molecule has 0 amide bonds. The van der Waals surface area contributed by atoms with Crippen molar-refractivity contribution < 1.29 is 28.7 Å². The first kappa shape index (κ1) is 18.9. The van der Waals surface area contributed by atoms with E-state index in [1.165, 1.54) is 7.11 Å². The monoisotopic (exact) mass is 336 g/mol. The number of aliphatic hydroxyl groups is 1. The Hall–Kier alpha value is -1.41. The van der Waals surface area contributed by atoms with Gasteiger partial charge in [0.05, 0.1) is 17.8 Å². The van der Waals surface area contributed by atoms with Crippen molar-refractivity contribution >= 4 is 18.9 Å². The Kier molecular flexibility index (Phi) is 5.70. The van der Waals surface area contributed by atoms with E-state index in [9.17, 15) is 9.90 Å². The zero-order valence-corrected chi connectivity index (χ0v) is 14.9. The Morgan fingerprint density at radius 2 is 1.83 bits per heavy atom. The summed E-state index contributed by atoms with van der Waals surface area (Å²) in [6.07, 6.45) is -0.0141. The van der Waals surface area contributed by atoms with Gasteiger partial charge in [0.1, 0.15) is 24.7 Å². The van der Waals surface area contributed by atoms with Crippen LogP contribution in [0.25, 0.3) is 0 Å². The molecule has 24 heavy (non-hydrogen) atoms. The number of hydrogen-bond donors (Lipinski definition) is 1. The lowest BCUT2D eigenvalue weighted by molar-refractivity contribution is 0.00578. The fourth-order valence-electron chi connectivity index (χ4n) is 2.43. The van der Waals surface area contributed by atoms with Gasteiger partial charge in [-0.05, 0) is 33.8 Å². The molecule has 0 aliphatic carbocycles. The van der Waals surface area contributed by atoms with Crippen LogP contribution in [0.1, 0.15) is 38.1 Å². The van der Waals surface area contributed by atoms with E-state index in [4.69, 9.17) is 18.8 Å². The maximum Gasteiger partial charge on any atom is 0.499 e. The lowest BCUT2D eigenvalue weighted by atomic mass is 9.75. The highest BCUT2D eigenvalue weighted by molar-refractivity contribution is 6.64. The Morgan fingerprint density at radius 3 is 2.38 bits per heavy atom. The van der Waals surface area contributed by atoms with Gasteiger partial charge in [0.15, 0.2) is 0 Å². The molecule has 0 saturated carbocycles. The van der Waals surface area contributed by atoms with E-state index >= 15 is 0 Å². The molecule has 6 nitrogen and oxygen atoms in total. The number of carbonyl (C=O) groups excluding carboxylic acids is 1. The van der Waals surface area contributed by atoms with Gasteiger partial charge < -0.3 is 23.9 Å². The van der Waals surface area contributed by atoms with Crippen molar-refractivity contribution in [1.82, 2.24) is 0 Å². The highest BCUT2D eigenvalue weighted by Gasteiger charge is 2.53. The van der Waals surface area contributed by atoms with Gasteiger partial charge in [-0.3, -0.25) is 4.79 Å².